The molecule has 2 saturated heterocycles. The van der Waals surface area contributed by atoms with E-state index in [9.17, 15) is 14.7 Å². The van der Waals surface area contributed by atoms with Crippen LogP contribution in [0.5, 0.6) is 0 Å². The highest BCUT2D eigenvalue weighted by Crippen LogP contribution is 2.38. The van der Waals surface area contributed by atoms with E-state index in [1.807, 2.05) is 32.8 Å². The summed E-state index contributed by atoms with van der Waals surface area (Å²) in [7, 11) is 9.70. The normalized spacial score (nSPS) is 36.9. The largest absolute Gasteiger partial charge is 0.463 e. The summed E-state index contributed by atoms with van der Waals surface area (Å²) in [4.78, 5) is 34.3. The highest BCUT2D eigenvalue weighted by Gasteiger charge is 2.51. The number of aliphatic hydroxyl groups excluding tert-OH is 1. The van der Waals surface area contributed by atoms with Gasteiger partial charge in [-0.15, -0.1) is 0 Å². The van der Waals surface area contributed by atoms with Crippen LogP contribution in [0.15, 0.2) is 0 Å². The molecular formula is C34H65N3O7. The number of carbonyl (C=O) groups excluding carboxylic acids is 2. The lowest BCUT2D eigenvalue weighted by Gasteiger charge is -2.47. The molecule has 258 valence electrons. The van der Waals surface area contributed by atoms with Crippen molar-refractivity contribution in [2.75, 3.05) is 55.0 Å². The maximum Gasteiger partial charge on any atom is 0.319 e. The van der Waals surface area contributed by atoms with Crippen LogP contribution in [0.2, 0.25) is 0 Å². The van der Waals surface area contributed by atoms with Crippen LogP contribution in [0.3, 0.4) is 0 Å². The first kappa shape index (κ1) is 39.0. The maximum absolute atomic E-state index is 14.2. The van der Waals surface area contributed by atoms with Gasteiger partial charge in [0.15, 0.2) is 12.1 Å². The topological polar surface area (TPSA) is 101 Å². The zero-order valence-electron chi connectivity index (χ0n) is 30.3. The molecule has 0 amide bonds. The van der Waals surface area contributed by atoms with Gasteiger partial charge in [0.1, 0.15) is 18.1 Å². The van der Waals surface area contributed by atoms with Gasteiger partial charge in [0, 0.05) is 37.2 Å². The third kappa shape index (κ3) is 9.69. The van der Waals surface area contributed by atoms with Gasteiger partial charge in [-0.2, -0.15) is 0 Å². The predicted molar refractivity (Wildman–Crippen MR) is 173 cm³/mol. The van der Waals surface area contributed by atoms with Crippen molar-refractivity contribution >= 4 is 11.8 Å². The minimum Gasteiger partial charge on any atom is -0.463 e. The van der Waals surface area contributed by atoms with Crippen molar-refractivity contribution in [2.24, 2.45) is 17.3 Å². The quantitative estimate of drug-likeness (QED) is 0.316. The van der Waals surface area contributed by atoms with Crippen LogP contribution in [0.4, 0.5) is 0 Å². The number of carbonyl (C=O) groups is 2. The van der Waals surface area contributed by atoms with Crippen molar-refractivity contribution in [1.29, 1.82) is 0 Å². The van der Waals surface area contributed by atoms with Crippen molar-refractivity contribution in [2.45, 2.75) is 136 Å². The van der Waals surface area contributed by atoms with E-state index in [0.717, 1.165) is 25.9 Å². The lowest BCUT2D eigenvalue weighted by atomic mass is 9.74. The average Bonchev–Trinajstić information content (AvgIpc) is 2.92. The number of hydrogen-bond acceptors (Lipinski definition) is 10. The zero-order valence-corrected chi connectivity index (χ0v) is 30.3. The Labute approximate surface area is 268 Å². The Morgan fingerprint density at radius 1 is 1.09 bits per heavy atom. The van der Waals surface area contributed by atoms with E-state index in [2.05, 4.69) is 51.6 Å². The number of rotatable bonds is 8. The summed E-state index contributed by atoms with van der Waals surface area (Å²) in [5.74, 6) is -1.42. The second-order valence-corrected chi connectivity index (χ2v) is 15.7. The number of methoxy groups -OCH3 is 1. The number of hydrogen-bond donors (Lipinski definition) is 1. The lowest BCUT2D eigenvalue weighted by molar-refractivity contribution is -0.295. The second-order valence-electron chi connectivity index (χ2n) is 15.7. The first-order chi connectivity index (χ1) is 20.1. The molecule has 0 aromatic rings. The number of likely N-dealkylation sites (N-methyl/N-ethyl adjacent to an activating group) is 2. The van der Waals surface area contributed by atoms with Crippen LogP contribution in [-0.2, 0) is 28.5 Å². The maximum atomic E-state index is 14.2. The molecule has 0 spiro atoms. The molecule has 0 radical (unpaired) electrons. The van der Waals surface area contributed by atoms with E-state index >= 15 is 0 Å². The Morgan fingerprint density at radius 2 is 1.70 bits per heavy atom. The number of Topliss-reactive ketones (excluding diaryl/α,β-unsaturated/α-hetero) is 1. The highest BCUT2D eigenvalue weighted by molar-refractivity contribution is 6.04. The number of cyclic esters (lactones) is 1. The minimum absolute atomic E-state index is 0.00920. The van der Waals surface area contributed by atoms with Gasteiger partial charge in [-0.05, 0) is 115 Å². The molecule has 0 saturated carbocycles. The summed E-state index contributed by atoms with van der Waals surface area (Å²) in [6, 6.07) is -0.160. The van der Waals surface area contributed by atoms with E-state index in [0.29, 0.717) is 12.8 Å². The van der Waals surface area contributed by atoms with Gasteiger partial charge in [-0.3, -0.25) is 14.5 Å². The summed E-state index contributed by atoms with van der Waals surface area (Å²) in [5, 5.41) is 11.3. The molecule has 44 heavy (non-hydrogen) atoms. The third-order valence-corrected chi connectivity index (χ3v) is 10.2. The van der Waals surface area contributed by atoms with Crippen molar-refractivity contribution in [1.82, 2.24) is 14.7 Å². The number of aliphatic hydroxyl groups is 1. The first-order valence-corrected chi connectivity index (χ1v) is 16.5. The molecule has 10 nitrogen and oxygen atoms in total. The van der Waals surface area contributed by atoms with E-state index in [1.54, 1.807) is 27.9 Å². The van der Waals surface area contributed by atoms with E-state index in [4.69, 9.17) is 18.9 Å². The fraction of sp³-hybridized carbons (Fsp3) is 0.941. The second kappa shape index (κ2) is 15.6. The molecule has 0 bridgehead atoms. The zero-order chi connectivity index (χ0) is 33.8. The molecule has 2 rings (SSSR count). The first-order valence-electron chi connectivity index (χ1n) is 16.5. The molecule has 0 aliphatic carbocycles. The van der Waals surface area contributed by atoms with E-state index in [-0.39, 0.29) is 42.0 Å². The van der Waals surface area contributed by atoms with Gasteiger partial charge in [-0.1, -0.05) is 13.8 Å². The van der Waals surface area contributed by atoms with E-state index in [1.165, 1.54) is 0 Å². The van der Waals surface area contributed by atoms with Gasteiger partial charge in [-0.25, -0.2) is 0 Å². The smallest absolute Gasteiger partial charge is 0.319 e. The van der Waals surface area contributed by atoms with Crippen LogP contribution < -0.4 is 0 Å². The Bertz CT molecular complexity index is 938. The number of esters is 1. The van der Waals surface area contributed by atoms with E-state index < -0.39 is 41.4 Å². The summed E-state index contributed by atoms with van der Waals surface area (Å²) in [6.07, 6.45) is 0.244. The molecule has 0 aromatic carbocycles. The molecule has 2 fully saturated rings. The van der Waals surface area contributed by atoms with Crippen LogP contribution in [-0.4, -0.2) is 134 Å². The molecule has 9 atom stereocenters. The summed E-state index contributed by atoms with van der Waals surface area (Å²) < 4.78 is 24.9. The summed E-state index contributed by atoms with van der Waals surface area (Å²) >= 11 is 0. The van der Waals surface area contributed by atoms with Crippen LogP contribution in [0, 0.1) is 17.3 Å². The summed E-state index contributed by atoms with van der Waals surface area (Å²) in [6.45, 7) is 19.6. The number of nitrogens with zero attached hydrogens (tertiary/aromatic N) is 3. The van der Waals surface area contributed by atoms with Crippen molar-refractivity contribution in [3.63, 3.8) is 0 Å². The highest BCUT2D eigenvalue weighted by atomic mass is 16.7. The van der Waals surface area contributed by atoms with Gasteiger partial charge < -0.3 is 33.9 Å². The standard InChI is InChI=1S/C34H65N3O7/c1-22-19-34(9,41-14)29(44-30-27(38)26(35(10)11)18-23(2)43-30)24(3)28(39)33(7,8)31(40)42-21-25(36(12)20-22)16-15-17-37(13)32(4,5)6/h22-27,29-30,38H,15-21H2,1-14H3/t22-,23-,24+,25+,26+,27-,29-,30+,34-/m1/s1. The Kier molecular flexibility index (Phi) is 13.9. The van der Waals surface area contributed by atoms with Crippen molar-refractivity contribution in [3.8, 4) is 0 Å². The van der Waals surface area contributed by atoms with Crippen LogP contribution >= 0.6 is 0 Å². The number of ketones is 1. The van der Waals surface area contributed by atoms with Gasteiger partial charge in [0.2, 0.25) is 0 Å². The fourth-order valence-corrected chi connectivity index (χ4v) is 6.79. The molecule has 2 aliphatic rings. The SMILES string of the molecule is CO[C@]1(C)C[C@@H](C)CN(C)[C@@H](CCCN(C)C(C)(C)C)COC(=O)C(C)(C)C(=O)[C@H](C)[C@H]1O[C@@H]1O[C@H](C)C[C@H](N(C)C)[C@H]1O. The monoisotopic (exact) mass is 627 g/mol. The molecule has 2 heterocycles. The fourth-order valence-electron chi connectivity index (χ4n) is 6.79. The van der Waals surface area contributed by atoms with Crippen LogP contribution in [0.1, 0.15) is 88.0 Å². The van der Waals surface area contributed by atoms with Gasteiger partial charge >= 0.3 is 5.97 Å². The third-order valence-electron chi connectivity index (χ3n) is 10.2. The molecule has 0 unspecified atom stereocenters. The molecule has 2 aliphatic heterocycles. The van der Waals surface area contributed by atoms with Crippen molar-refractivity contribution in [3.05, 3.63) is 0 Å². The molecule has 0 aromatic heterocycles. The average molecular weight is 628 g/mol. The molecule has 10 heteroatoms. The number of ether oxygens (including phenoxy) is 4. The lowest BCUT2D eigenvalue weighted by Crippen LogP contribution is -2.59. The Balaban J connectivity index is 2.44. The molecular weight excluding hydrogens is 562 g/mol. The Morgan fingerprint density at radius 3 is 2.25 bits per heavy atom. The predicted octanol–water partition coefficient (Wildman–Crippen LogP) is 3.83. The van der Waals surface area contributed by atoms with Crippen LogP contribution in [0.25, 0.3) is 0 Å². The van der Waals surface area contributed by atoms with Gasteiger partial charge in [0.05, 0.1) is 17.8 Å². The minimum atomic E-state index is -1.41. The van der Waals surface area contributed by atoms with Crippen molar-refractivity contribution < 1.29 is 33.6 Å². The van der Waals surface area contributed by atoms with Gasteiger partial charge in [0.25, 0.3) is 0 Å². The Hall–Kier alpha value is -1.14. The molecule has 1 N–H and O–H groups in total. The summed E-state index contributed by atoms with van der Waals surface area (Å²) in [5.41, 5.74) is -2.24.